The predicted molar refractivity (Wildman–Crippen MR) is 55.7 cm³/mol. The van der Waals surface area contributed by atoms with Crippen molar-refractivity contribution in [2.45, 2.75) is 32.2 Å². The van der Waals surface area contributed by atoms with Gasteiger partial charge in [0.25, 0.3) is 10.1 Å². The van der Waals surface area contributed by atoms with E-state index in [1.165, 1.54) is 6.92 Å². The second-order valence-electron chi connectivity index (χ2n) is 4.32. The highest BCUT2D eigenvalue weighted by atomic mass is 32.2. The second-order valence-corrected chi connectivity index (χ2v) is 5.97. The van der Waals surface area contributed by atoms with Gasteiger partial charge in [-0.1, -0.05) is 0 Å². The highest BCUT2D eigenvalue weighted by molar-refractivity contribution is 7.85. The number of carbonyl (C=O) groups excluding carboxylic acids is 1. The highest BCUT2D eigenvalue weighted by Crippen LogP contribution is 2.38. The van der Waals surface area contributed by atoms with Crippen LogP contribution in [0, 0.1) is 5.92 Å². The summed E-state index contributed by atoms with van der Waals surface area (Å²) in [7, 11) is -3.39. The van der Waals surface area contributed by atoms with Gasteiger partial charge in [0.1, 0.15) is 0 Å². The summed E-state index contributed by atoms with van der Waals surface area (Å²) in [5, 5.41) is 2.83. The van der Waals surface area contributed by atoms with Crippen molar-refractivity contribution in [2.75, 3.05) is 12.9 Å². The zero-order valence-corrected chi connectivity index (χ0v) is 10.1. The largest absolute Gasteiger partial charge is 0.351 e. The number of amides is 1. The van der Waals surface area contributed by atoms with Crippen molar-refractivity contribution in [2.24, 2.45) is 5.92 Å². The van der Waals surface area contributed by atoms with Gasteiger partial charge >= 0.3 is 0 Å². The van der Waals surface area contributed by atoms with Crippen molar-refractivity contribution in [3.8, 4) is 0 Å². The molecule has 1 N–H and O–H groups in total. The van der Waals surface area contributed by atoms with Crippen molar-refractivity contribution in [1.29, 1.82) is 0 Å². The SMILES string of the molecule is CC(=O)N[C@@]1(C)CCC1COS(C)(=O)=O. The molecule has 0 aromatic carbocycles. The van der Waals surface area contributed by atoms with Crippen LogP contribution < -0.4 is 5.32 Å². The minimum absolute atomic E-state index is 0.0797. The van der Waals surface area contributed by atoms with E-state index in [0.717, 1.165) is 19.1 Å². The molecule has 1 rings (SSSR count). The molecule has 88 valence electrons. The normalized spacial score (nSPS) is 30.7. The second kappa shape index (κ2) is 4.09. The maximum Gasteiger partial charge on any atom is 0.264 e. The van der Waals surface area contributed by atoms with Gasteiger partial charge in [0.15, 0.2) is 0 Å². The Morgan fingerprint density at radius 2 is 2.20 bits per heavy atom. The number of hydrogen-bond donors (Lipinski definition) is 1. The third kappa shape index (κ3) is 3.46. The van der Waals surface area contributed by atoms with Crippen LogP contribution in [0.25, 0.3) is 0 Å². The molecule has 1 saturated carbocycles. The first-order chi connectivity index (χ1) is 6.73. The van der Waals surface area contributed by atoms with Gasteiger partial charge in [-0.2, -0.15) is 8.42 Å². The van der Waals surface area contributed by atoms with Crippen LogP contribution in [-0.4, -0.2) is 32.7 Å². The van der Waals surface area contributed by atoms with E-state index in [4.69, 9.17) is 4.18 Å². The molecule has 0 radical (unpaired) electrons. The van der Waals surface area contributed by atoms with Crippen LogP contribution in [0.1, 0.15) is 26.7 Å². The molecule has 2 atom stereocenters. The quantitative estimate of drug-likeness (QED) is 0.710. The number of hydrogen-bond acceptors (Lipinski definition) is 4. The first-order valence-corrected chi connectivity index (χ1v) is 6.68. The van der Waals surface area contributed by atoms with E-state index in [0.29, 0.717) is 0 Å². The zero-order chi connectivity index (χ0) is 11.7. The Morgan fingerprint density at radius 3 is 2.53 bits per heavy atom. The molecule has 1 aliphatic rings. The predicted octanol–water partition coefficient (Wildman–Crippen LogP) is 0.267. The summed E-state index contributed by atoms with van der Waals surface area (Å²) >= 11 is 0. The lowest BCUT2D eigenvalue weighted by molar-refractivity contribution is -0.123. The first-order valence-electron chi connectivity index (χ1n) is 4.86. The fraction of sp³-hybridized carbons (Fsp3) is 0.889. The molecule has 1 fully saturated rings. The topological polar surface area (TPSA) is 72.5 Å². The Morgan fingerprint density at radius 1 is 1.60 bits per heavy atom. The molecule has 1 unspecified atom stereocenters. The molecule has 6 heteroatoms. The molecule has 0 aromatic rings. The molecule has 0 aromatic heterocycles. The molecule has 15 heavy (non-hydrogen) atoms. The number of carbonyl (C=O) groups is 1. The van der Waals surface area contributed by atoms with Crippen LogP contribution in [-0.2, 0) is 19.1 Å². The average molecular weight is 235 g/mol. The lowest BCUT2D eigenvalue weighted by Crippen LogP contribution is -2.58. The number of rotatable bonds is 4. The molecular weight excluding hydrogens is 218 g/mol. The highest BCUT2D eigenvalue weighted by Gasteiger charge is 2.43. The van der Waals surface area contributed by atoms with Crippen LogP contribution in [0.15, 0.2) is 0 Å². The van der Waals surface area contributed by atoms with Gasteiger partial charge in [-0.15, -0.1) is 0 Å². The van der Waals surface area contributed by atoms with Crippen LogP contribution in [0.4, 0.5) is 0 Å². The summed E-state index contributed by atoms with van der Waals surface area (Å²) in [6.45, 7) is 3.52. The molecule has 5 nitrogen and oxygen atoms in total. The van der Waals surface area contributed by atoms with Gasteiger partial charge in [-0.25, -0.2) is 0 Å². The van der Waals surface area contributed by atoms with Crippen molar-refractivity contribution in [3.63, 3.8) is 0 Å². The molecule has 0 aliphatic heterocycles. The van der Waals surface area contributed by atoms with Crippen molar-refractivity contribution in [3.05, 3.63) is 0 Å². The Labute approximate surface area is 90.3 Å². The van der Waals surface area contributed by atoms with Gasteiger partial charge in [0.2, 0.25) is 5.91 Å². The third-order valence-corrected chi connectivity index (χ3v) is 3.42. The van der Waals surface area contributed by atoms with Crippen molar-refractivity contribution in [1.82, 2.24) is 5.32 Å². The average Bonchev–Trinajstić information content (AvgIpc) is 1.99. The molecule has 1 amide bonds. The molecule has 1 aliphatic carbocycles. The van der Waals surface area contributed by atoms with E-state index in [-0.39, 0.29) is 24.0 Å². The summed E-state index contributed by atoms with van der Waals surface area (Å²) in [6.07, 6.45) is 2.78. The van der Waals surface area contributed by atoms with Gasteiger partial charge < -0.3 is 5.32 Å². The summed E-state index contributed by atoms with van der Waals surface area (Å²) in [4.78, 5) is 10.9. The Balaban J connectivity index is 2.48. The molecule has 0 saturated heterocycles. The fourth-order valence-electron chi connectivity index (χ4n) is 1.82. The Hall–Kier alpha value is -0.620. The summed E-state index contributed by atoms with van der Waals surface area (Å²) in [5.74, 6) is -0.0160. The Bertz CT molecular complexity index is 351. The van der Waals surface area contributed by atoms with Gasteiger partial charge in [-0.3, -0.25) is 8.98 Å². The van der Waals surface area contributed by atoms with Crippen LogP contribution in [0.2, 0.25) is 0 Å². The lowest BCUT2D eigenvalue weighted by Gasteiger charge is -2.47. The monoisotopic (exact) mass is 235 g/mol. The lowest BCUT2D eigenvalue weighted by atomic mass is 9.68. The van der Waals surface area contributed by atoms with E-state index in [1.807, 2.05) is 6.92 Å². The molecule has 0 heterocycles. The zero-order valence-electron chi connectivity index (χ0n) is 9.24. The van der Waals surface area contributed by atoms with Crippen LogP contribution in [0.3, 0.4) is 0 Å². The minimum Gasteiger partial charge on any atom is -0.351 e. The maximum absolute atomic E-state index is 10.9. The van der Waals surface area contributed by atoms with E-state index < -0.39 is 10.1 Å². The maximum atomic E-state index is 10.9. The third-order valence-electron chi connectivity index (χ3n) is 2.86. The van der Waals surface area contributed by atoms with Crippen molar-refractivity contribution < 1.29 is 17.4 Å². The van der Waals surface area contributed by atoms with E-state index in [1.54, 1.807) is 0 Å². The van der Waals surface area contributed by atoms with E-state index in [9.17, 15) is 13.2 Å². The number of nitrogens with one attached hydrogen (secondary N) is 1. The van der Waals surface area contributed by atoms with Gasteiger partial charge in [0.05, 0.1) is 12.9 Å². The van der Waals surface area contributed by atoms with Gasteiger partial charge in [0, 0.05) is 18.4 Å². The van der Waals surface area contributed by atoms with Crippen LogP contribution >= 0.6 is 0 Å². The Kier molecular flexibility index (Phi) is 3.40. The standard InChI is InChI=1S/C9H17NO4S/c1-7(11)10-9(2)5-4-8(9)6-14-15(3,12)13/h8H,4-6H2,1-3H3,(H,10,11)/t8?,9-/m0/s1. The van der Waals surface area contributed by atoms with Gasteiger partial charge in [-0.05, 0) is 19.8 Å². The first kappa shape index (κ1) is 12.4. The smallest absolute Gasteiger partial charge is 0.264 e. The van der Waals surface area contributed by atoms with Crippen molar-refractivity contribution >= 4 is 16.0 Å². The van der Waals surface area contributed by atoms with E-state index in [2.05, 4.69) is 5.32 Å². The molecular formula is C9H17NO4S. The fourth-order valence-corrected chi connectivity index (χ4v) is 2.23. The van der Waals surface area contributed by atoms with E-state index >= 15 is 0 Å². The van der Waals surface area contributed by atoms with Crippen LogP contribution in [0.5, 0.6) is 0 Å². The minimum atomic E-state index is -3.39. The molecule has 0 spiro atoms. The summed E-state index contributed by atoms with van der Waals surface area (Å²) < 4.78 is 26.3. The summed E-state index contributed by atoms with van der Waals surface area (Å²) in [6, 6.07) is 0. The summed E-state index contributed by atoms with van der Waals surface area (Å²) in [5.41, 5.74) is -0.309. The molecule has 0 bridgehead atoms.